The van der Waals surface area contributed by atoms with Gasteiger partial charge in [0.1, 0.15) is 11.3 Å². The molecular weight excluding hydrogens is 362 g/mol. The molecular formula is C20H17N3O3S. The molecule has 0 unspecified atom stereocenters. The normalized spacial score (nSPS) is 13.1. The fourth-order valence-corrected chi connectivity index (χ4v) is 4.00. The summed E-state index contributed by atoms with van der Waals surface area (Å²) in [6, 6.07) is 10.7. The fourth-order valence-electron chi connectivity index (χ4n) is 2.96. The van der Waals surface area contributed by atoms with Crippen LogP contribution in [0.5, 0.6) is 0 Å². The second-order valence-corrected chi connectivity index (χ2v) is 7.41. The number of nitrogens with one attached hydrogen (secondary N) is 1. The Hall–Kier alpha value is -3.06. The highest BCUT2D eigenvalue weighted by Crippen LogP contribution is 2.42. The molecule has 6 nitrogen and oxygen atoms in total. The number of anilines is 2. The van der Waals surface area contributed by atoms with E-state index in [0.717, 1.165) is 10.6 Å². The van der Waals surface area contributed by atoms with Gasteiger partial charge in [0.15, 0.2) is 0 Å². The summed E-state index contributed by atoms with van der Waals surface area (Å²) in [4.78, 5) is 32.3. The summed E-state index contributed by atoms with van der Waals surface area (Å²) in [5, 5.41) is 3.52. The van der Waals surface area contributed by atoms with Crippen molar-refractivity contribution in [1.82, 2.24) is 4.98 Å². The topological polar surface area (TPSA) is 75.4 Å². The van der Waals surface area contributed by atoms with E-state index >= 15 is 0 Å². The molecule has 4 rings (SSSR count). The first kappa shape index (κ1) is 17.4. The summed E-state index contributed by atoms with van der Waals surface area (Å²) in [6.45, 7) is 3.95. The highest BCUT2D eigenvalue weighted by Gasteiger charge is 2.30. The van der Waals surface area contributed by atoms with Crippen molar-refractivity contribution in [3.63, 3.8) is 0 Å². The van der Waals surface area contributed by atoms with Gasteiger partial charge in [0.05, 0.1) is 23.1 Å². The van der Waals surface area contributed by atoms with E-state index in [9.17, 15) is 9.59 Å². The van der Waals surface area contributed by atoms with Crippen molar-refractivity contribution < 1.29 is 14.0 Å². The van der Waals surface area contributed by atoms with E-state index in [1.807, 2.05) is 26.0 Å². The maximum Gasteiger partial charge on any atom is 0.261 e. The Balaban J connectivity index is 1.75. The third kappa shape index (κ3) is 3.21. The lowest BCUT2D eigenvalue weighted by molar-refractivity contribution is 0.0975. The molecule has 3 heterocycles. The summed E-state index contributed by atoms with van der Waals surface area (Å²) >= 11 is 1.42. The van der Waals surface area contributed by atoms with Crippen LogP contribution in [0.15, 0.2) is 69.5 Å². The molecule has 0 saturated heterocycles. The SMILES string of the molecule is CC(C)N1C(=O)c2cccnc2Sc2cc(NC(=O)c3ccoc3)ccc21. The Morgan fingerprint density at radius 1 is 1.26 bits per heavy atom. The minimum absolute atomic E-state index is 0.0191. The number of fused-ring (bicyclic) bond motifs is 2. The molecule has 0 saturated carbocycles. The van der Waals surface area contributed by atoms with E-state index in [4.69, 9.17) is 4.42 Å². The first-order valence-corrected chi connectivity index (χ1v) is 9.30. The maximum atomic E-state index is 13.1. The zero-order chi connectivity index (χ0) is 19.0. The van der Waals surface area contributed by atoms with Gasteiger partial charge in [0.25, 0.3) is 11.8 Å². The zero-order valence-corrected chi connectivity index (χ0v) is 15.6. The van der Waals surface area contributed by atoms with Crippen molar-refractivity contribution in [2.75, 3.05) is 10.2 Å². The van der Waals surface area contributed by atoms with Gasteiger partial charge in [-0.2, -0.15) is 0 Å². The molecule has 1 N–H and O–H groups in total. The van der Waals surface area contributed by atoms with Gasteiger partial charge in [0.2, 0.25) is 0 Å². The molecule has 2 amide bonds. The molecule has 27 heavy (non-hydrogen) atoms. The molecule has 3 aromatic rings. The molecule has 0 fully saturated rings. The zero-order valence-electron chi connectivity index (χ0n) is 14.8. The lowest BCUT2D eigenvalue weighted by atomic mass is 10.1. The highest BCUT2D eigenvalue weighted by molar-refractivity contribution is 7.99. The van der Waals surface area contributed by atoms with Crippen LogP contribution in [0.3, 0.4) is 0 Å². The Morgan fingerprint density at radius 2 is 2.11 bits per heavy atom. The van der Waals surface area contributed by atoms with Gasteiger partial charge < -0.3 is 14.6 Å². The first-order chi connectivity index (χ1) is 13.0. The minimum Gasteiger partial charge on any atom is -0.472 e. The Morgan fingerprint density at radius 3 is 2.85 bits per heavy atom. The van der Waals surface area contributed by atoms with Crippen LogP contribution in [0.2, 0.25) is 0 Å². The first-order valence-electron chi connectivity index (χ1n) is 8.48. The molecule has 1 aliphatic rings. The molecule has 0 radical (unpaired) electrons. The third-order valence-electron chi connectivity index (χ3n) is 4.20. The highest BCUT2D eigenvalue weighted by atomic mass is 32.2. The minimum atomic E-state index is -0.252. The summed E-state index contributed by atoms with van der Waals surface area (Å²) in [6.07, 6.45) is 4.53. The summed E-state index contributed by atoms with van der Waals surface area (Å²) in [5.74, 6) is -0.327. The number of hydrogen-bond acceptors (Lipinski definition) is 5. The second-order valence-electron chi connectivity index (χ2n) is 6.38. The van der Waals surface area contributed by atoms with E-state index in [2.05, 4.69) is 10.3 Å². The van der Waals surface area contributed by atoms with E-state index in [1.165, 1.54) is 24.3 Å². The molecule has 7 heteroatoms. The van der Waals surface area contributed by atoms with Crippen molar-refractivity contribution in [3.8, 4) is 0 Å². The number of hydrogen-bond donors (Lipinski definition) is 1. The Labute approximate surface area is 160 Å². The number of benzene rings is 1. The monoisotopic (exact) mass is 379 g/mol. The number of carbonyl (C=O) groups excluding carboxylic acids is 2. The van der Waals surface area contributed by atoms with E-state index in [0.29, 0.717) is 21.8 Å². The van der Waals surface area contributed by atoms with E-state index in [-0.39, 0.29) is 17.9 Å². The van der Waals surface area contributed by atoms with Crippen molar-refractivity contribution in [1.29, 1.82) is 0 Å². The molecule has 136 valence electrons. The fraction of sp³-hybridized carbons (Fsp3) is 0.150. The van der Waals surface area contributed by atoms with Gasteiger partial charge >= 0.3 is 0 Å². The summed E-state index contributed by atoms with van der Waals surface area (Å²) in [5.41, 5.74) is 2.47. The largest absolute Gasteiger partial charge is 0.472 e. The molecule has 1 aliphatic heterocycles. The van der Waals surface area contributed by atoms with Crippen LogP contribution in [0.1, 0.15) is 34.6 Å². The van der Waals surface area contributed by atoms with Crippen LogP contribution in [0, 0.1) is 0 Å². The second kappa shape index (κ2) is 6.92. The quantitative estimate of drug-likeness (QED) is 0.728. The number of nitrogens with zero attached hydrogens (tertiary/aromatic N) is 2. The molecule has 0 aliphatic carbocycles. The van der Waals surface area contributed by atoms with Crippen molar-refractivity contribution >= 4 is 35.0 Å². The summed E-state index contributed by atoms with van der Waals surface area (Å²) < 4.78 is 4.95. The standard InChI is InChI=1S/C20H17N3O3S/c1-12(2)23-16-6-5-14(22-18(24)13-7-9-26-11-13)10-17(16)27-19-15(20(23)25)4-3-8-21-19/h3-12H,1-2H3,(H,22,24). The van der Waals surface area contributed by atoms with Crippen LogP contribution in [-0.2, 0) is 0 Å². The maximum absolute atomic E-state index is 13.1. The van der Waals surface area contributed by atoms with Crippen molar-refractivity contribution in [3.05, 3.63) is 66.2 Å². The van der Waals surface area contributed by atoms with Gasteiger partial charge in [-0.15, -0.1) is 0 Å². The number of aromatic nitrogens is 1. The van der Waals surface area contributed by atoms with E-state index in [1.54, 1.807) is 35.4 Å². The van der Waals surface area contributed by atoms with Gasteiger partial charge in [-0.05, 0) is 50.2 Å². The van der Waals surface area contributed by atoms with Crippen molar-refractivity contribution in [2.45, 2.75) is 29.8 Å². The number of furan rings is 1. The molecule has 0 bridgehead atoms. The van der Waals surface area contributed by atoms with Crippen LogP contribution < -0.4 is 10.2 Å². The van der Waals surface area contributed by atoms with E-state index < -0.39 is 0 Å². The number of pyridine rings is 1. The average molecular weight is 379 g/mol. The molecule has 0 spiro atoms. The van der Waals surface area contributed by atoms with Crippen molar-refractivity contribution in [2.24, 2.45) is 0 Å². The van der Waals surface area contributed by atoms with Gasteiger partial charge in [-0.1, -0.05) is 11.8 Å². The van der Waals surface area contributed by atoms with Crippen LogP contribution in [0.25, 0.3) is 0 Å². The Kier molecular flexibility index (Phi) is 4.45. The van der Waals surface area contributed by atoms with Crippen LogP contribution >= 0.6 is 11.8 Å². The van der Waals surface area contributed by atoms with Gasteiger partial charge in [-0.25, -0.2) is 4.98 Å². The Bertz CT molecular complexity index is 1020. The predicted octanol–water partition coefficient (Wildman–Crippen LogP) is 4.45. The smallest absolute Gasteiger partial charge is 0.261 e. The lowest BCUT2D eigenvalue weighted by Crippen LogP contribution is -2.37. The lowest BCUT2D eigenvalue weighted by Gasteiger charge is -2.27. The number of amides is 2. The molecule has 1 aromatic carbocycles. The van der Waals surface area contributed by atoms with Crippen LogP contribution in [0.4, 0.5) is 11.4 Å². The third-order valence-corrected chi connectivity index (χ3v) is 5.27. The van der Waals surface area contributed by atoms with Crippen LogP contribution in [-0.4, -0.2) is 22.8 Å². The molecule has 0 atom stereocenters. The number of carbonyl (C=O) groups is 2. The average Bonchev–Trinajstić information content (AvgIpc) is 3.15. The molecule has 2 aromatic heterocycles. The predicted molar refractivity (Wildman–Crippen MR) is 103 cm³/mol. The van der Waals surface area contributed by atoms with Gasteiger partial charge in [-0.3, -0.25) is 9.59 Å². The summed E-state index contributed by atoms with van der Waals surface area (Å²) in [7, 11) is 0. The van der Waals surface area contributed by atoms with Gasteiger partial charge in [0, 0.05) is 22.8 Å². The number of rotatable bonds is 3.